The van der Waals surface area contributed by atoms with Crippen molar-refractivity contribution in [1.29, 1.82) is 0 Å². The molecule has 1 rings (SSSR count). The third kappa shape index (κ3) is 3.51. The zero-order valence-corrected chi connectivity index (χ0v) is 8.60. The zero-order valence-electron chi connectivity index (χ0n) is 8.60. The first-order valence-electron chi connectivity index (χ1n) is 4.44. The molecule has 15 heavy (non-hydrogen) atoms. The van der Waals surface area contributed by atoms with E-state index in [-0.39, 0.29) is 0 Å². The van der Waals surface area contributed by atoms with Gasteiger partial charge in [-0.3, -0.25) is 4.79 Å². The lowest BCUT2D eigenvalue weighted by atomic mass is 10.3. The summed E-state index contributed by atoms with van der Waals surface area (Å²) in [6.07, 6.45) is 3.18. The van der Waals surface area contributed by atoms with E-state index in [1.54, 1.807) is 19.3 Å². The Morgan fingerprint density at radius 3 is 2.67 bits per heavy atom. The lowest BCUT2D eigenvalue weighted by Gasteiger charge is -2.08. The van der Waals surface area contributed by atoms with Crippen LogP contribution in [0.3, 0.4) is 0 Å². The molecule has 0 aliphatic carbocycles. The first kappa shape index (κ1) is 11.4. The van der Waals surface area contributed by atoms with Crippen LogP contribution in [-0.2, 0) is 11.3 Å². The van der Waals surface area contributed by atoms with E-state index < -0.39 is 12.0 Å². The molecule has 1 aromatic rings. The van der Waals surface area contributed by atoms with Gasteiger partial charge in [-0.15, -0.1) is 0 Å². The Labute approximate surface area is 87.3 Å². The molecule has 1 unspecified atom stereocenters. The standard InChI is InChI=1S/C9H13N3O3/c1-6(8(13)14)10-3-7-4-11-9(15-2)12-5-7/h4-6,10H,3H2,1-2H3,(H,13,14). The minimum atomic E-state index is -0.885. The summed E-state index contributed by atoms with van der Waals surface area (Å²) in [7, 11) is 1.49. The van der Waals surface area contributed by atoms with Crippen LogP contribution in [0.4, 0.5) is 0 Å². The number of carbonyl (C=O) groups is 1. The van der Waals surface area contributed by atoms with Crippen molar-refractivity contribution in [2.24, 2.45) is 0 Å². The van der Waals surface area contributed by atoms with Crippen molar-refractivity contribution in [3.8, 4) is 6.01 Å². The van der Waals surface area contributed by atoms with Crippen LogP contribution >= 0.6 is 0 Å². The van der Waals surface area contributed by atoms with Gasteiger partial charge in [-0.05, 0) is 6.92 Å². The predicted molar refractivity (Wildman–Crippen MR) is 52.5 cm³/mol. The number of carboxylic acid groups (broad SMARTS) is 1. The summed E-state index contributed by atoms with van der Waals surface area (Å²) < 4.78 is 4.80. The fourth-order valence-electron chi connectivity index (χ4n) is 0.898. The normalized spacial score (nSPS) is 12.1. The van der Waals surface area contributed by atoms with E-state index in [4.69, 9.17) is 9.84 Å². The summed E-state index contributed by atoms with van der Waals surface area (Å²) in [4.78, 5) is 18.3. The first-order valence-corrected chi connectivity index (χ1v) is 4.44. The maximum absolute atomic E-state index is 10.5. The van der Waals surface area contributed by atoms with Crippen LogP contribution in [0, 0.1) is 0 Å². The van der Waals surface area contributed by atoms with Crippen LogP contribution in [0.15, 0.2) is 12.4 Å². The van der Waals surface area contributed by atoms with Crippen molar-refractivity contribution in [2.45, 2.75) is 19.5 Å². The van der Waals surface area contributed by atoms with Gasteiger partial charge in [-0.25, -0.2) is 9.97 Å². The number of hydrogen-bond donors (Lipinski definition) is 2. The Hall–Kier alpha value is -1.69. The summed E-state index contributed by atoms with van der Waals surface area (Å²) >= 11 is 0. The van der Waals surface area contributed by atoms with Crippen molar-refractivity contribution in [3.63, 3.8) is 0 Å². The lowest BCUT2D eigenvalue weighted by Crippen LogP contribution is -2.33. The second-order valence-electron chi connectivity index (χ2n) is 3.02. The van der Waals surface area contributed by atoms with Gasteiger partial charge in [0, 0.05) is 24.5 Å². The van der Waals surface area contributed by atoms with Gasteiger partial charge in [0.05, 0.1) is 7.11 Å². The van der Waals surface area contributed by atoms with Gasteiger partial charge in [0.25, 0.3) is 0 Å². The maximum atomic E-state index is 10.5. The third-order valence-corrected chi connectivity index (χ3v) is 1.85. The van der Waals surface area contributed by atoms with E-state index >= 15 is 0 Å². The number of hydrogen-bond acceptors (Lipinski definition) is 5. The number of methoxy groups -OCH3 is 1. The summed E-state index contributed by atoms with van der Waals surface area (Å²) in [5, 5.41) is 11.4. The molecule has 0 saturated heterocycles. The molecule has 0 bridgehead atoms. The molecule has 0 aromatic carbocycles. The SMILES string of the molecule is COc1ncc(CNC(C)C(=O)O)cn1. The molecule has 1 heterocycles. The molecule has 0 saturated carbocycles. The van der Waals surface area contributed by atoms with Gasteiger partial charge < -0.3 is 15.2 Å². The second kappa shape index (κ2) is 5.26. The molecule has 0 aliphatic heterocycles. The van der Waals surface area contributed by atoms with Gasteiger partial charge in [0.2, 0.25) is 0 Å². The molecule has 0 aliphatic rings. The largest absolute Gasteiger partial charge is 0.480 e. The van der Waals surface area contributed by atoms with Gasteiger partial charge in [-0.1, -0.05) is 0 Å². The summed E-state index contributed by atoms with van der Waals surface area (Å²) in [5.41, 5.74) is 0.809. The quantitative estimate of drug-likeness (QED) is 0.715. The smallest absolute Gasteiger partial charge is 0.320 e. The number of ether oxygens (including phenoxy) is 1. The predicted octanol–water partition coefficient (Wildman–Crippen LogP) is 0.0479. The average molecular weight is 211 g/mol. The maximum Gasteiger partial charge on any atom is 0.320 e. The Balaban J connectivity index is 2.47. The van der Waals surface area contributed by atoms with E-state index in [0.29, 0.717) is 12.6 Å². The molecule has 6 heteroatoms. The van der Waals surface area contributed by atoms with Gasteiger partial charge >= 0.3 is 12.0 Å². The van der Waals surface area contributed by atoms with Crippen molar-refractivity contribution in [3.05, 3.63) is 18.0 Å². The average Bonchev–Trinajstić information content (AvgIpc) is 2.26. The van der Waals surface area contributed by atoms with Crippen LogP contribution in [0.25, 0.3) is 0 Å². The number of nitrogens with one attached hydrogen (secondary N) is 1. The molecule has 0 amide bonds. The first-order chi connectivity index (χ1) is 7.13. The Morgan fingerprint density at radius 2 is 2.20 bits per heavy atom. The van der Waals surface area contributed by atoms with Crippen LogP contribution in [-0.4, -0.2) is 34.2 Å². The number of nitrogens with zero attached hydrogens (tertiary/aromatic N) is 2. The number of aliphatic carboxylic acids is 1. The molecule has 6 nitrogen and oxygen atoms in total. The van der Waals surface area contributed by atoms with E-state index in [9.17, 15) is 4.79 Å². The van der Waals surface area contributed by atoms with E-state index in [1.807, 2.05) is 0 Å². The monoisotopic (exact) mass is 211 g/mol. The summed E-state index contributed by atoms with van der Waals surface area (Å²) in [6.45, 7) is 1.99. The molecule has 0 radical (unpaired) electrons. The van der Waals surface area contributed by atoms with Crippen molar-refractivity contribution in [1.82, 2.24) is 15.3 Å². The zero-order chi connectivity index (χ0) is 11.3. The molecular weight excluding hydrogens is 198 g/mol. The number of aromatic nitrogens is 2. The minimum absolute atomic E-state index is 0.296. The lowest BCUT2D eigenvalue weighted by molar-refractivity contribution is -0.139. The van der Waals surface area contributed by atoms with Crippen LogP contribution in [0.2, 0.25) is 0 Å². The van der Waals surface area contributed by atoms with Crippen molar-refractivity contribution in [2.75, 3.05) is 7.11 Å². The highest BCUT2D eigenvalue weighted by atomic mass is 16.5. The molecule has 2 N–H and O–H groups in total. The van der Waals surface area contributed by atoms with Gasteiger partial charge in [-0.2, -0.15) is 0 Å². The highest BCUT2D eigenvalue weighted by Crippen LogP contribution is 2.01. The molecular formula is C9H13N3O3. The molecule has 1 aromatic heterocycles. The third-order valence-electron chi connectivity index (χ3n) is 1.85. The summed E-state index contributed by atoms with van der Waals surface area (Å²) in [6, 6.07) is -0.294. The van der Waals surface area contributed by atoms with Crippen LogP contribution < -0.4 is 10.1 Å². The topological polar surface area (TPSA) is 84.3 Å². The van der Waals surface area contributed by atoms with E-state index in [2.05, 4.69) is 15.3 Å². The fraction of sp³-hybridized carbons (Fsp3) is 0.444. The number of rotatable bonds is 5. The number of carboxylic acids is 1. The summed E-state index contributed by atoms with van der Waals surface area (Å²) in [5.74, 6) is -0.885. The fourth-order valence-corrected chi connectivity index (χ4v) is 0.898. The molecule has 82 valence electrons. The Kier molecular flexibility index (Phi) is 3.99. The molecule has 0 spiro atoms. The van der Waals surface area contributed by atoms with Crippen molar-refractivity contribution < 1.29 is 14.6 Å². The molecule has 0 fully saturated rings. The highest BCUT2D eigenvalue weighted by molar-refractivity contribution is 5.72. The van der Waals surface area contributed by atoms with Crippen LogP contribution in [0.1, 0.15) is 12.5 Å². The van der Waals surface area contributed by atoms with E-state index in [0.717, 1.165) is 5.56 Å². The van der Waals surface area contributed by atoms with Crippen LogP contribution in [0.5, 0.6) is 6.01 Å². The minimum Gasteiger partial charge on any atom is -0.480 e. The van der Waals surface area contributed by atoms with E-state index in [1.165, 1.54) is 7.11 Å². The highest BCUT2D eigenvalue weighted by Gasteiger charge is 2.09. The second-order valence-corrected chi connectivity index (χ2v) is 3.02. The Morgan fingerprint density at radius 1 is 1.60 bits per heavy atom. The van der Waals surface area contributed by atoms with Gasteiger partial charge in [0.1, 0.15) is 6.04 Å². The van der Waals surface area contributed by atoms with Crippen molar-refractivity contribution >= 4 is 5.97 Å². The molecule has 1 atom stereocenters. The van der Waals surface area contributed by atoms with Gasteiger partial charge in [0.15, 0.2) is 0 Å². The Bertz CT molecular complexity index is 326.